The minimum absolute atomic E-state index is 0.0974. The molecule has 1 saturated carbocycles. The summed E-state index contributed by atoms with van der Waals surface area (Å²) in [5.41, 5.74) is 1.74. The van der Waals surface area contributed by atoms with Crippen molar-refractivity contribution in [1.29, 1.82) is 0 Å². The number of methoxy groups -OCH3 is 2. The van der Waals surface area contributed by atoms with Gasteiger partial charge in [-0.15, -0.1) is 0 Å². The van der Waals surface area contributed by atoms with E-state index in [0.29, 0.717) is 22.5 Å². The number of amides is 1. The summed E-state index contributed by atoms with van der Waals surface area (Å²) in [4.78, 5) is 27.4. The van der Waals surface area contributed by atoms with Crippen LogP contribution < -0.4 is 20.3 Å². The molecule has 5 rings (SSSR count). The van der Waals surface area contributed by atoms with E-state index in [1.807, 2.05) is 37.3 Å². The number of hydrogen-bond acceptors (Lipinski definition) is 10. The number of benzene rings is 1. The van der Waals surface area contributed by atoms with Gasteiger partial charge in [0.1, 0.15) is 0 Å². The smallest absolute Gasteiger partial charge is 0.227 e. The van der Waals surface area contributed by atoms with Gasteiger partial charge in [0.25, 0.3) is 0 Å². The molecule has 0 atom stereocenters. The fourth-order valence-electron chi connectivity index (χ4n) is 4.26. The predicted molar refractivity (Wildman–Crippen MR) is 148 cm³/mol. The number of aryl methyl sites for hydroxylation is 1. The highest BCUT2D eigenvalue weighted by atomic mass is 32.2. The van der Waals surface area contributed by atoms with Crippen molar-refractivity contribution in [3.05, 3.63) is 36.0 Å². The summed E-state index contributed by atoms with van der Waals surface area (Å²) in [6.45, 7) is 7.03. The first-order valence-electron chi connectivity index (χ1n) is 12.8. The first kappa shape index (κ1) is 26.3. The molecule has 0 bridgehead atoms. The van der Waals surface area contributed by atoms with Crippen molar-refractivity contribution in [2.75, 3.05) is 69.1 Å². The zero-order valence-corrected chi connectivity index (χ0v) is 22.8. The van der Waals surface area contributed by atoms with E-state index in [0.717, 1.165) is 74.3 Å². The van der Waals surface area contributed by atoms with E-state index in [1.165, 1.54) is 11.8 Å². The van der Waals surface area contributed by atoms with Crippen LogP contribution in [0.3, 0.4) is 0 Å². The Bertz CT molecular complexity index is 1240. The average molecular weight is 539 g/mol. The normalized spacial score (nSPS) is 15.9. The lowest BCUT2D eigenvalue weighted by molar-refractivity contribution is -0.117. The van der Waals surface area contributed by atoms with Crippen molar-refractivity contribution < 1.29 is 14.3 Å². The monoisotopic (exact) mass is 538 g/mol. The molecule has 38 heavy (non-hydrogen) atoms. The number of anilines is 4. The van der Waals surface area contributed by atoms with Crippen LogP contribution in [0.25, 0.3) is 0 Å². The number of hydrogen-bond donors (Lipinski definition) is 3. The standard InChI is InChI=1S/C26H34N8O3S/c1-17-16-21(32-31-17)28-23-22(37-3)24(34-12-10-33(11-13-34)14-15-36-2)30-26(29-23)38-20-8-6-19(7-9-20)27-25(35)18-4-5-18/h6-9,16,18H,4-5,10-15H2,1-3H3,(H,27,35)(H2,28,29,30,31,32). The maximum Gasteiger partial charge on any atom is 0.227 e. The van der Waals surface area contributed by atoms with E-state index in [9.17, 15) is 4.79 Å². The van der Waals surface area contributed by atoms with Crippen LogP contribution in [-0.2, 0) is 9.53 Å². The number of aromatic amines is 1. The molecule has 0 spiro atoms. The van der Waals surface area contributed by atoms with Gasteiger partial charge in [-0.2, -0.15) is 5.10 Å². The number of nitrogens with one attached hydrogen (secondary N) is 3. The van der Waals surface area contributed by atoms with Crippen LogP contribution in [0.5, 0.6) is 5.75 Å². The van der Waals surface area contributed by atoms with Crippen molar-refractivity contribution in [3.63, 3.8) is 0 Å². The number of piperazine rings is 1. The van der Waals surface area contributed by atoms with Gasteiger partial charge in [-0.1, -0.05) is 0 Å². The van der Waals surface area contributed by atoms with Crippen LogP contribution in [0.4, 0.5) is 23.1 Å². The second-order valence-electron chi connectivity index (χ2n) is 9.48. The topological polar surface area (TPSA) is 121 Å². The highest BCUT2D eigenvalue weighted by Gasteiger charge is 2.29. The Morgan fingerprint density at radius 2 is 1.89 bits per heavy atom. The molecule has 3 N–H and O–H groups in total. The SMILES string of the molecule is COCCN1CCN(c2nc(Sc3ccc(NC(=O)C4CC4)cc3)nc(Nc3cc(C)[nH]n3)c2OC)CC1. The molecular weight excluding hydrogens is 504 g/mol. The third-order valence-corrected chi connectivity index (χ3v) is 7.42. The number of ether oxygens (including phenoxy) is 2. The first-order chi connectivity index (χ1) is 18.5. The van der Waals surface area contributed by atoms with Gasteiger partial charge in [0.05, 0.1) is 13.7 Å². The molecule has 12 heteroatoms. The van der Waals surface area contributed by atoms with Crippen LogP contribution in [-0.4, -0.2) is 84.5 Å². The van der Waals surface area contributed by atoms with Crippen LogP contribution in [0.2, 0.25) is 0 Å². The van der Waals surface area contributed by atoms with Crippen molar-refractivity contribution in [1.82, 2.24) is 25.1 Å². The Labute approximate surface area is 226 Å². The number of nitrogens with zero attached hydrogens (tertiary/aromatic N) is 5. The Morgan fingerprint density at radius 1 is 1.13 bits per heavy atom. The van der Waals surface area contributed by atoms with Crippen LogP contribution in [0, 0.1) is 12.8 Å². The lowest BCUT2D eigenvalue weighted by Gasteiger charge is -2.36. The number of carbonyl (C=O) groups is 1. The van der Waals surface area contributed by atoms with Gasteiger partial charge in [-0.25, -0.2) is 9.97 Å². The summed E-state index contributed by atoms with van der Waals surface area (Å²) < 4.78 is 11.1. The van der Waals surface area contributed by atoms with Gasteiger partial charge < -0.3 is 25.0 Å². The van der Waals surface area contributed by atoms with Crippen molar-refractivity contribution in [3.8, 4) is 5.75 Å². The van der Waals surface area contributed by atoms with E-state index in [4.69, 9.17) is 19.4 Å². The highest BCUT2D eigenvalue weighted by Crippen LogP contribution is 2.38. The molecular formula is C26H34N8O3S. The lowest BCUT2D eigenvalue weighted by Crippen LogP contribution is -2.47. The maximum absolute atomic E-state index is 12.1. The summed E-state index contributed by atoms with van der Waals surface area (Å²) in [5, 5.41) is 14.1. The van der Waals surface area contributed by atoms with Crippen LogP contribution >= 0.6 is 11.8 Å². The van der Waals surface area contributed by atoms with Gasteiger partial charge in [-0.3, -0.25) is 14.8 Å². The fraction of sp³-hybridized carbons (Fsp3) is 0.462. The molecule has 3 aromatic rings. The van der Waals surface area contributed by atoms with Gasteiger partial charge in [-0.05, 0) is 55.8 Å². The lowest BCUT2D eigenvalue weighted by atomic mass is 10.3. The number of aromatic nitrogens is 4. The summed E-state index contributed by atoms with van der Waals surface area (Å²) in [7, 11) is 3.37. The molecule has 1 saturated heterocycles. The minimum atomic E-state index is 0.0974. The van der Waals surface area contributed by atoms with Gasteiger partial charge >= 0.3 is 0 Å². The first-order valence-corrected chi connectivity index (χ1v) is 13.6. The molecule has 1 aliphatic heterocycles. The maximum atomic E-state index is 12.1. The van der Waals surface area contributed by atoms with Crippen LogP contribution in [0.1, 0.15) is 18.5 Å². The van der Waals surface area contributed by atoms with Crippen molar-refractivity contribution >= 4 is 40.8 Å². The summed E-state index contributed by atoms with van der Waals surface area (Å²) >= 11 is 1.46. The largest absolute Gasteiger partial charge is 0.490 e. The van der Waals surface area contributed by atoms with Crippen molar-refractivity contribution in [2.45, 2.75) is 29.8 Å². The highest BCUT2D eigenvalue weighted by molar-refractivity contribution is 7.99. The number of H-pyrrole nitrogens is 1. The molecule has 202 valence electrons. The van der Waals surface area contributed by atoms with Gasteiger partial charge in [0.2, 0.25) is 11.7 Å². The predicted octanol–water partition coefficient (Wildman–Crippen LogP) is 3.53. The van der Waals surface area contributed by atoms with E-state index < -0.39 is 0 Å². The minimum Gasteiger partial charge on any atom is -0.490 e. The molecule has 1 aliphatic carbocycles. The molecule has 2 aliphatic rings. The van der Waals surface area contributed by atoms with E-state index in [-0.39, 0.29) is 11.8 Å². The third-order valence-electron chi connectivity index (χ3n) is 6.55. The fourth-order valence-corrected chi connectivity index (χ4v) is 5.01. The Hall–Kier alpha value is -3.35. The molecule has 11 nitrogen and oxygen atoms in total. The number of carbonyl (C=O) groups excluding carboxylic acids is 1. The van der Waals surface area contributed by atoms with E-state index in [2.05, 4.69) is 30.6 Å². The molecule has 1 amide bonds. The Balaban J connectivity index is 1.38. The molecule has 0 unspecified atom stereocenters. The quantitative estimate of drug-likeness (QED) is 0.313. The van der Waals surface area contributed by atoms with E-state index >= 15 is 0 Å². The summed E-state index contributed by atoms with van der Waals surface area (Å²) in [6, 6.07) is 9.69. The molecule has 2 aromatic heterocycles. The van der Waals surface area contributed by atoms with Gasteiger partial charge in [0, 0.05) is 68.1 Å². The second-order valence-corrected chi connectivity index (χ2v) is 10.5. The number of rotatable bonds is 11. The second kappa shape index (κ2) is 12.0. The molecule has 2 fully saturated rings. The summed E-state index contributed by atoms with van der Waals surface area (Å²) in [5.74, 6) is 2.81. The molecule has 1 aromatic carbocycles. The van der Waals surface area contributed by atoms with Crippen molar-refractivity contribution in [2.24, 2.45) is 5.92 Å². The van der Waals surface area contributed by atoms with E-state index in [1.54, 1.807) is 14.2 Å². The average Bonchev–Trinajstić information content (AvgIpc) is 3.70. The third kappa shape index (κ3) is 6.55. The molecule has 3 heterocycles. The Kier molecular flexibility index (Phi) is 8.30. The summed E-state index contributed by atoms with van der Waals surface area (Å²) in [6.07, 6.45) is 1.96. The zero-order valence-electron chi connectivity index (χ0n) is 22.0. The van der Waals surface area contributed by atoms with Gasteiger partial charge in [0.15, 0.2) is 22.6 Å². The molecule has 0 radical (unpaired) electrons. The van der Waals surface area contributed by atoms with Crippen LogP contribution in [0.15, 0.2) is 40.4 Å². The Morgan fingerprint density at radius 3 is 2.53 bits per heavy atom. The zero-order chi connectivity index (χ0) is 26.5.